The van der Waals surface area contributed by atoms with E-state index in [1.807, 2.05) is 19.3 Å². The van der Waals surface area contributed by atoms with Crippen LogP contribution in [0.1, 0.15) is 49.9 Å². The number of carbonyl (C=O) groups excluding carboxylic acids is 2. The Morgan fingerprint density at radius 3 is 2.50 bits per heavy atom. The average molecular weight is 300 g/mol. The number of urea groups is 1. The van der Waals surface area contributed by atoms with Crippen molar-refractivity contribution in [3.8, 4) is 0 Å². The van der Waals surface area contributed by atoms with E-state index in [-0.39, 0.29) is 11.9 Å². The number of imide groups is 1. The number of amides is 3. The van der Waals surface area contributed by atoms with Gasteiger partial charge in [-0.3, -0.25) is 9.69 Å². The molecule has 3 aliphatic rings. The zero-order chi connectivity index (χ0) is 15.3. The summed E-state index contributed by atoms with van der Waals surface area (Å²) in [5.74, 6) is 1.67. The van der Waals surface area contributed by atoms with Crippen molar-refractivity contribution in [3.63, 3.8) is 0 Å². The highest BCUT2D eigenvalue weighted by molar-refractivity contribution is 6.07. The summed E-state index contributed by atoms with van der Waals surface area (Å²) in [5.41, 5.74) is 0.272. The van der Waals surface area contributed by atoms with Crippen molar-refractivity contribution in [2.75, 3.05) is 6.54 Å². The lowest BCUT2D eigenvalue weighted by Gasteiger charge is -2.20. The summed E-state index contributed by atoms with van der Waals surface area (Å²) in [6.07, 6.45) is 8.64. The molecular weight excluding hydrogens is 280 g/mol. The van der Waals surface area contributed by atoms with Gasteiger partial charge in [-0.15, -0.1) is 0 Å². The van der Waals surface area contributed by atoms with Crippen LogP contribution in [0.3, 0.4) is 0 Å². The van der Waals surface area contributed by atoms with E-state index in [9.17, 15) is 9.59 Å². The smallest absolute Gasteiger partial charge is 0.323 e. The van der Waals surface area contributed by atoms with E-state index in [0.29, 0.717) is 24.8 Å². The first kappa shape index (κ1) is 13.7. The van der Waals surface area contributed by atoms with Crippen LogP contribution in [0.25, 0.3) is 0 Å². The molecule has 0 aromatic carbocycles. The molecule has 6 nitrogen and oxygen atoms in total. The van der Waals surface area contributed by atoms with Gasteiger partial charge in [0.2, 0.25) is 0 Å². The predicted octanol–water partition coefficient (Wildman–Crippen LogP) is 1.62. The van der Waals surface area contributed by atoms with E-state index in [0.717, 1.165) is 24.2 Å². The van der Waals surface area contributed by atoms with Gasteiger partial charge in [-0.1, -0.05) is 0 Å². The van der Waals surface area contributed by atoms with Crippen LogP contribution in [0.4, 0.5) is 4.79 Å². The Kier molecular flexibility index (Phi) is 2.96. The Hall–Kier alpha value is -1.98. The molecule has 3 fully saturated rings. The number of rotatable bonds is 5. The van der Waals surface area contributed by atoms with Gasteiger partial charge in [-0.25, -0.2) is 14.8 Å². The summed E-state index contributed by atoms with van der Waals surface area (Å²) < 4.78 is 0. The minimum atomic E-state index is -0.691. The molecule has 22 heavy (non-hydrogen) atoms. The molecule has 1 aromatic heterocycles. The Bertz CT molecular complexity index is 622. The van der Waals surface area contributed by atoms with Crippen LogP contribution in [0.15, 0.2) is 12.4 Å². The lowest BCUT2D eigenvalue weighted by atomic mass is 9.96. The van der Waals surface area contributed by atoms with Crippen LogP contribution in [0, 0.1) is 5.92 Å². The third-order valence-electron chi connectivity index (χ3n) is 4.99. The van der Waals surface area contributed by atoms with Gasteiger partial charge in [-0.05, 0) is 50.5 Å². The SMILES string of the molecule is CC1(C2CC2)NC(=O)N(CCc2cnc(C3CC3)nc2)C1=O. The molecule has 6 heteroatoms. The molecule has 1 atom stereocenters. The van der Waals surface area contributed by atoms with Crippen LogP contribution in [0.5, 0.6) is 0 Å². The highest BCUT2D eigenvalue weighted by atomic mass is 16.2. The third kappa shape index (κ3) is 2.26. The topological polar surface area (TPSA) is 75.2 Å². The lowest BCUT2D eigenvalue weighted by molar-refractivity contribution is -0.131. The Morgan fingerprint density at radius 2 is 1.91 bits per heavy atom. The standard InChI is InChI=1S/C16H20N4O2/c1-16(12-4-5-12)14(21)20(15(22)19-16)7-6-10-8-17-13(18-9-10)11-2-3-11/h8-9,11-12H,2-7H2,1H3,(H,19,22). The van der Waals surface area contributed by atoms with Crippen LogP contribution >= 0.6 is 0 Å². The minimum Gasteiger partial charge on any atom is -0.323 e. The Morgan fingerprint density at radius 1 is 1.23 bits per heavy atom. The van der Waals surface area contributed by atoms with Gasteiger partial charge in [0.25, 0.3) is 5.91 Å². The zero-order valence-electron chi connectivity index (χ0n) is 12.7. The molecule has 116 valence electrons. The van der Waals surface area contributed by atoms with Crippen LogP contribution in [-0.2, 0) is 11.2 Å². The van der Waals surface area contributed by atoms with Crippen molar-refractivity contribution in [2.24, 2.45) is 5.92 Å². The summed E-state index contributed by atoms with van der Waals surface area (Å²) in [6, 6.07) is -0.269. The van der Waals surface area contributed by atoms with E-state index in [4.69, 9.17) is 0 Å². The molecule has 2 heterocycles. The molecule has 1 unspecified atom stereocenters. The van der Waals surface area contributed by atoms with Crippen LogP contribution in [-0.4, -0.2) is 38.9 Å². The largest absolute Gasteiger partial charge is 0.325 e. The van der Waals surface area contributed by atoms with E-state index in [1.54, 1.807) is 0 Å². The van der Waals surface area contributed by atoms with Gasteiger partial charge in [0.15, 0.2) is 0 Å². The van der Waals surface area contributed by atoms with Crippen molar-refractivity contribution >= 4 is 11.9 Å². The quantitative estimate of drug-likeness (QED) is 0.838. The first-order valence-corrected chi connectivity index (χ1v) is 8.03. The van der Waals surface area contributed by atoms with Crippen molar-refractivity contribution < 1.29 is 9.59 Å². The molecule has 0 spiro atoms. The van der Waals surface area contributed by atoms with Gasteiger partial charge in [0, 0.05) is 24.9 Å². The summed E-state index contributed by atoms with van der Waals surface area (Å²) in [5, 5.41) is 2.87. The number of nitrogens with zero attached hydrogens (tertiary/aromatic N) is 3. The maximum atomic E-state index is 12.5. The summed E-state index contributed by atoms with van der Waals surface area (Å²) >= 11 is 0. The third-order valence-corrected chi connectivity index (χ3v) is 4.99. The highest BCUT2D eigenvalue weighted by Crippen LogP contribution is 2.42. The van der Waals surface area contributed by atoms with Gasteiger partial charge < -0.3 is 5.32 Å². The number of hydrogen-bond donors (Lipinski definition) is 1. The zero-order valence-corrected chi connectivity index (χ0v) is 12.7. The Balaban J connectivity index is 1.40. The van der Waals surface area contributed by atoms with Crippen molar-refractivity contribution in [1.29, 1.82) is 0 Å². The number of aromatic nitrogens is 2. The summed E-state index contributed by atoms with van der Waals surface area (Å²) in [4.78, 5) is 34.7. The second kappa shape index (κ2) is 4.76. The molecule has 1 aromatic rings. The summed E-state index contributed by atoms with van der Waals surface area (Å²) in [6.45, 7) is 2.23. The van der Waals surface area contributed by atoms with Crippen molar-refractivity contribution in [2.45, 2.75) is 50.5 Å². The average Bonchev–Trinajstić information content (AvgIpc) is 3.40. The van der Waals surface area contributed by atoms with Gasteiger partial charge in [0.05, 0.1) is 0 Å². The van der Waals surface area contributed by atoms with Gasteiger partial charge >= 0.3 is 6.03 Å². The molecule has 3 amide bonds. The van der Waals surface area contributed by atoms with E-state index < -0.39 is 5.54 Å². The van der Waals surface area contributed by atoms with Gasteiger partial charge in [0.1, 0.15) is 11.4 Å². The van der Waals surface area contributed by atoms with Crippen LogP contribution < -0.4 is 5.32 Å². The molecule has 0 radical (unpaired) electrons. The Labute approximate surface area is 129 Å². The maximum absolute atomic E-state index is 12.5. The molecular formula is C16H20N4O2. The molecule has 2 saturated carbocycles. The van der Waals surface area contributed by atoms with Gasteiger partial charge in [-0.2, -0.15) is 0 Å². The molecule has 1 N–H and O–H groups in total. The minimum absolute atomic E-state index is 0.0875. The first-order valence-electron chi connectivity index (χ1n) is 8.03. The number of nitrogens with one attached hydrogen (secondary N) is 1. The van der Waals surface area contributed by atoms with Crippen molar-refractivity contribution in [1.82, 2.24) is 20.2 Å². The van der Waals surface area contributed by atoms with Crippen LogP contribution in [0.2, 0.25) is 0 Å². The molecule has 4 rings (SSSR count). The summed E-state index contributed by atoms with van der Waals surface area (Å²) in [7, 11) is 0. The molecule has 2 aliphatic carbocycles. The lowest BCUT2D eigenvalue weighted by Crippen LogP contribution is -2.46. The fourth-order valence-electron chi connectivity index (χ4n) is 3.14. The highest BCUT2D eigenvalue weighted by Gasteiger charge is 2.55. The van der Waals surface area contributed by atoms with E-state index >= 15 is 0 Å². The van der Waals surface area contributed by atoms with Crippen molar-refractivity contribution in [3.05, 3.63) is 23.8 Å². The predicted molar refractivity (Wildman–Crippen MR) is 79.1 cm³/mol. The normalized spacial score (nSPS) is 28.1. The second-order valence-corrected chi connectivity index (χ2v) is 6.84. The molecule has 0 bridgehead atoms. The fraction of sp³-hybridized carbons (Fsp3) is 0.625. The number of carbonyl (C=O) groups is 2. The molecule has 1 saturated heterocycles. The fourth-order valence-corrected chi connectivity index (χ4v) is 3.14. The van der Waals surface area contributed by atoms with E-state index in [2.05, 4.69) is 15.3 Å². The maximum Gasteiger partial charge on any atom is 0.325 e. The molecule has 1 aliphatic heterocycles. The monoisotopic (exact) mass is 300 g/mol. The second-order valence-electron chi connectivity index (χ2n) is 6.84. The first-order chi connectivity index (χ1) is 10.6. The van der Waals surface area contributed by atoms with E-state index in [1.165, 1.54) is 17.7 Å². The number of hydrogen-bond acceptors (Lipinski definition) is 4.